The van der Waals surface area contributed by atoms with Gasteiger partial charge in [0.25, 0.3) is 0 Å². The van der Waals surface area contributed by atoms with Crippen molar-refractivity contribution < 1.29 is 0 Å². The van der Waals surface area contributed by atoms with Crippen LogP contribution in [0.2, 0.25) is 0 Å². The van der Waals surface area contributed by atoms with Gasteiger partial charge in [0, 0.05) is 18.3 Å². The lowest BCUT2D eigenvalue weighted by molar-refractivity contribution is 0.395. The molecule has 0 nitrogen and oxygen atoms in total. The number of hydrogen-bond donors (Lipinski definition) is 0. The first-order chi connectivity index (χ1) is 12.2. The van der Waals surface area contributed by atoms with Crippen molar-refractivity contribution in [1.29, 1.82) is 0 Å². The lowest BCUT2D eigenvalue weighted by Crippen LogP contribution is -2.12. The minimum atomic E-state index is -0.0173. The molecular formula is C25H44. The fourth-order valence-electron chi connectivity index (χ4n) is 3.20. The van der Waals surface area contributed by atoms with Crippen LogP contribution in [-0.4, -0.2) is 0 Å². The van der Waals surface area contributed by atoms with Gasteiger partial charge in [0.2, 0.25) is 0 Å². The van der Waals surface area contributed by atoms with Crippen LogP contribution in [0.5, 0.6) is 0 Å². The molecule has 0 aliphatic heterocycles. The Balaban J connectivity index is 3.69. The first kappa shape index (κ1) is 24.1. The molecule has 0 aliphatic rings. The molecule has 0 saturated heterocycles. The molecule has 0 aromatic carbocycles. The number of unbranched alkanes of at least 4 members (excludes halogenated alkanes) is 13. The largest absolute Gasteiger partial charge is 0.119 e. The van der Waals surface area contributed by atoms with Crippen LogP contribution in [0.3, 0.4) is 0 Å². The Morgan fingerprint density at radius 3 is 1.64 bits per heavy atom. The third-order valence-electron chi connectivity index (χ3n) is 5.19. The average Bonchev–Trinajstić information content (AvgIpc) is 2.62. The van der Waals surface area contributed by atoms with E-state index in [1.807, 2.05) is 0 Å². The molecular weight excluding hydrogens is 300 g/mol. The molecule has 0 fully saturated rings. The van der Waals surface area contributed by atoms with E-state index in [0.717, 1.165) is 19.3 Å². The van der Waals surface area contributed by atoms with Gasteiger partial charge in [0.1, 0.15) is 0 Å². The molecule has 144 valence electrons. The third-order valence-corrected chi connectivity index (χ3v) is 5.19. The molecule has 0 amide bonds. The van der Waals surface area contributed by atoms with E-state index in [2.05, 4.69) is 38.5 Å². The Morgan fingerprint density at radius 1 is 0.640 bits per heavy atom. The Bertz CT molecular complexity index is 375. The Morgan fingerprint density at radius 2 is 1.12 bits per heavy atom. The molecule has 0 aromatic rings. The summed E-state index contributed by atoms with van der Waals surface area (Å²) in [4.78, 5) is 0. The second-order valence-electron chi connectivity index (χ2n) is 7.98. The molecule has 0 aliphatic carbocycles. The maximum Gasteiger partial charge on any atom is 0.0392 e. The monoisotopic (exact) mass is 344 g/mol. The van der Waals surface area contributed by atoms with Crippen LogP contribution in [0.1, 0.15) is 130 Å². The summed E-state index contributed by atoms with van der Waals surface area (Å²) in [6.07, 6.45) is 27.8. The predicted octanol–water partition coefficient (Wildman–Crippen LogP) is 8.30. The smallest absolute Gasteiger partial charge is 0.0392 e. The van der Waals surface area contributed by atoms with Gasteiger partial charge in [-0.2, -0.15) is 0 Å². The fraction of sp³-hybridized carbons (Fsp3) is 0.840. The quantitative estimate of drug-likeness (QED) is 0.195. The molecule has 0 radical (unpaired) electrons. The number of terminal acetylenes is 1. The first-order valence-electron chi connectivity index (χ1n) is 11.1. The molecule has 0 saturated carbocycles. The second kappa shape index (κ2) is 17.9. The van der Waals surface area contributed by atoms with Crippen LogP contribution in [0.25, 0.3) is 0 Å². The van der Waals surface area contributed by atoms with Gasteiger partial charge in [-0.15, -0.1) is 18.3 Å². The van der Waals surface area contributed by atoms with Crippen LogP contribution in [0, 0.1) is 29.6 Å². The van der Waals surface area contributed by atoms with Crippen molar-refractivity contribution in [3.05, 3.63) is 0 Å². The highest BCUT2D eigenvalue weighted by Gasteiger charge is 2.19. The summed E-state index contributed by atoms with van der Waals surface area (Å²) < 4.78 is 0. The van der Waals surface area contributed by atoms with Gasteiger partial charge in [0.05, 0.1) is 0 Å². The summed E-state index contributed by atoms with van der Waals surface area (Å²) in [5.41, 5.74) is -0.0173. The Kier molecular flexibility index (Phi) is 17.3. The van der Waals surface area contributed by atoms with Gasteiger partial charge in [-0.25, -0.2) is 0 Å². The molecule has 0 heteroatoms. The normalized spacial score (nSPS) is 12.9. The molecule has 25 heavy (non-hydrogen) atoms. The number of hydrogen-bond acceptors (Lipinski definition) is 0. The molecule has 0 spiro atoms. The Labute approximate surface area is 159 Å². The molecule has 0 N–H and O–H groups in total. The van der Waals surface area contributed by atoms with E-state index in [1.54, 1.807) is 0 Å². The van der Waals surface area contributed by atoms with E-state index >= 15 is 0 Å². The van der Waals surface area contributed by atoms with Gasteiger partial charge in [-0.05, 0) is 19.8 Å². The van der Waals surface area contributed by atoms with E-state index in [4.69, 9.17) is 6.42 Å². The van der Waals surface area contributed by atoms with Crippen molar-refractivity contribution in [2.45, 2.75) is 130 Å². The third kappa shape index (κ3) is 16.3. The molecule has 0 aromatic heterocycles. The van der Waals surface area contributed by atoms with Gasteiger partial charge in [-0.3, -0.25) is 0 Å². The number of rotatable bonds is 16. The topological polar surface area (TPSA) is 0 Å². The summed E-state index contributed by atoms with van der Waals surface area (Å²) in [6.45, 7) is 6.76. The van der Waals surface area contributed by atoms with Crippen LogP contribution < -0.4 is 0 Å². The second-order valence-corrected chi connectivity index (χ2v) is 7.98. The summed E-state index contributed by atoms with van der Waals surface area (Å²) in [5.74, 6) is 9.74. The minimum absolute atomic E-state index is 0.0173. The zero-order chi connectivity index (χ0) is 18.6. The molecule has 1 atom stereocenters. The maximum atomic E-state index is 5.79. The van der Waals surface area contributed by atoms with Crippen molar-refractivity contribution in [2.24, 2.45) is 5.41 Å². The van der Waals surface area contributed by atoms with Gasteiger partial charge >= 0.3 is 0 Å². The van der Waals surface area contributed by atoms with Crippen LogP contribution in [0.4, 0.5) is 0 Å². The summed E-state index contributed by atoms with van der Waals surface area (Å²) in [5, 5.41) is 0. The highest BCUT2D eigenvalue weighted by atomic mass is 14.2. The van der Waals surface area contributed by atoms with Gasteiger partial charge < -0.3 is 0 Å². The summed E-state index contributed by atoms with van der Waals surface area (Å²) in [6, 6.07) is 0. The highest BCUT2D eigenvalue weighted by Crippen LogP contribution is 2.27. The highest BCUT2D eigenvalue weighted by molar-refractivity contribution is 5.11. The van der Waals surface area contributed by atoms with E-state index in [0.29, 0.717) is 0 Å². The summed E-state index contributed by atoms with van der Waals surface area (Å²) >= 11 is 0. The molecule has 0 heterocycles. The van der Waals surface area contributed by atoms with Crippen LogP contribution in [-0.2, 0) is 0 Å². The zero-order valence-electron chi connectivity index (χ0n) is 17.6. The average molecular weight is 345 g/mol. The van der Waals surface area contributed by atoms with E-state index in [9.17, 15) is 0 Å². The maximum absolute atomic E-state index is 5.79. The van der Waals surface area contributed by atoms with Crippen molar-refractivity contribution in [3.8, 4) is 24.2 Å². The predicted molar refractivity (Wildman–Crippen MR) is 115 cm³/mol. The standard InChI is InChI=1S/C25H44/c1-5-8-10-12-14-15-16-18-20-22-24-25(4,7-3)23-21-19-17-13-11-9-6-2/h3H,5-6,8-19,21,23-24H2,1-2,4H3. The lowest BCUT2D eigenvalue weighted by atomic mass is 9.82. The SMILES string of the molecule is C#CC(C)(CC#CCCCCCCCCC)CCCCCCCCC. The first-order valence-corrected chi connectivity index (χ1v) is 11.1. The summed E-state index contributed by atoms with van der Waals surface area (Å²) in [7, 11) is 0. The minimum Gasteiger partial charge on any atom is -0.119 e. The lowest BCUT2D eigenvalue weighted by Gasteiger charge is -2.20. The van der Waals surface area contributed by atoms with Crippen molar-refractivity contribution in [3.63, 3.8) is 0 Å². The van der Waals surface area contributed by atoms with Gasteiger partial charge in [-0.1, -0.05) is 103 Å². The van der Waals surface area contributed by atoms with Gasteiger partial charge in [0.15, 0.2) is 0 Å². The van der Waals surface area contributed by atoms with E-state index in [1.165, 1.54) is 89.9 Å². The van der Waals surface area contributed by atoms with E-state index in [-0.39, 0.29) is 5.41 Å². The molecule has 0 rings (SSSR count). The fourth-order valence-corrected chi connectivity index (χ4v) is 3.20. The zero-order valence-corrected chi connectivity index (χ0v) is 17.6. The van der Waals surface area contributed by atoms with Crippen LogP contribution >= 0.6 is 0 Å². The van der Waals surface area contributed by atoms with E-state index < -0.39 is 0 Å². The Hall–Kier alpha value is -0.880. The molecule has 0 bridgehead atoms. The van der Waals surface area contributed by atoms with Crippen molar-refractivity contribution in [1.82, 2.24) is 0 Å². The van der Waals surface area contributed by atoms with Crippen molar-refractivity contribution in [2.75, 3.05) is 0 Å². The molecule has 1 unspecified atom stereocenters. The van der Waals surface area contributed by atoms with Crippen molar-refractivity contribution >= 4 is 0 Å². The van der Waals surface area contributed by atoms with Crippen LogP contribution in [0.15, 0.2) is 0 Å².